The molecule has 0 spiro atoms. The SMILES string of the molecule is O=C(NC1CCS(=O)(=O)C1)c1ccc(F)c(S)c1. The Morgan fingerprint density at radius 3 is 2.72 bits per heavy atom. The number of halogens is 1. The summed E-state index contributed by atoms with van der Waals surface area (Å²) in [6.45, 7) is 0. The maximum absolute atomic E-state index is 13.0. The first-order chi connectivity index (χ1) is 8.37. The van der Waals surface area contributed by atoms with E-state index in [0.29, 0.717) is 6.42 Å². The molecule has 0 aromatic heterocycles. The van der Waals surface area contributed by atoms with Crippen LogP contribution in [0.15, 0.2) is 23.1 Å². The van der Waals surface area contributed by atoms with Crippen LogP contribution in [0.2, 0.25) is 0 Å². The molecule has 1 saturated heterocycles. The monoisotopic (exact) mass is 289 g/mol. The number of rotatable bonds is 2. The van der Waals surface area contributed by atoms with Gasteiger partial charge in [0.2, 0.25) is 0 Å². The van der Waals surface area contributed by atoms with Gasteiger partial charge < -0.3 is 5.32 Å². The summed E-state index contributed by atoms with van der Waals surface area (Å²) in [5.41, 5.74) is 0.269. The number of carbonyl (C=O) groups is 1. The van der Waals surface area contributed by atoms with Gasteiger partial charge in [-0.2, -0.15) is 0 Å². The summed E-state index contributed by atoms with van der Waals surface area (Å²) >= 11 is 3.89. The van der Waals surface area contributed by atoms with Gasteiger partial charge in [0.25, 0.3) is 5.91 Å². The predicted octanol–water partition coefficient (Wildman–Crippen LogP) is 1.03. The minimum Gasteiger partial charge on any atom is -0.348 e. The molecule has 1 aromatic rings. The third-order valence-electron chi connectivity index (χ3n) is 2.78. The quantitative estimate of drug-likeness (QED) is 0.799. The summed E-state index contributed by atoms with van der Waals surface area (Å²) in [5.74, 6) is -0.849. The number of hydrogen-bond donors (Lipinski definition) is 2. The number of thiol groups is 1. The lowest BCUT2D eigenvalue weighted by atomic mass is 10.2. The van der Waals surface area contributed by atoms with Crippen LogP contribution in [0.25, 0.3) is 0 Å². The third kappa shape index (κ3) is 3.02. The molecular weight excluding hydrogens is 277 g/mol. The Morgan fingerprint density at radius 1 is 1.44 bits per heavy atom. The molecule has 1 amide bonds. The van der Waals surface area contributed by atoms with E-state index in [1.807, 2.05) is 0 Å². The van der Waals surface area contributed by atoms with Gasteiger partial charge in [0.1, 0.15) is 5.82 Å². The van der Waals surface area contributed by atoms with E-state index in [1.165, 1.54) is 12.1 Å². The molecule has 0 saturated carbocycles. The van der Waals surface area contributed by atoms with Gasteiger partial charge in [-0.25, -0.2) is 12.8 Å². The highest BCUT2D eigenvalue weighted by molar-refractivity contribution is 7.91. The average molecular weight is 289 g/mol. The van der Waals surface area contributed by atoms with Crippen LogP contribution >= 0.6 is 12.6 Å². The molecule has 2 rings (SSSR count). The average Bonchev–Trinajstić information content (AvgIpc) is 2.62. The Hall–Kier alpha value is -1.08. The number of sulfone groups is 1. The minimum atomic E-state index is -3.03. The van der Waals surface area contributed by atoms with E-state index in [4.69, 9.17) is 0 Å². The molecule has 0 radical (unpaired) electrons. The molecule has 1 fully saturated rings. The molecular formula is C11H12FNO3S2. The van der Waals surface area contributed by atoms with Crippen molar-refractivity contribution in [2.75, 3.05) is 11.5 Å². The van der Waals surface area contributed by atoms with Crippen LogP contribution in [0.3, 0.4) is 0 Å². The highest BCUT2D eigenvalue weighted by Gasteiger charge is 2.29. The molecule has 1 aliphatic rings. The molecule has 4 nitrogen and oxygen atoms in total. The topological polar surface area (TPSA) is 63.2 Å². The molecule has 1 aromatic carbocycles. The van der Waals surface area contributed by atoms with Crippen molar-refractivity contribution in [3.05, 3.63) is 29.6 Å². The molecule has 18 heavy (non-hydrogen) atoms. The van der Waals surface area contributed by atoms with Crippen LogP contribution < -0.4 is 5.32 Å². The third-order valence-corrected chi connectivity index (χ3v) is 4.89. The second-order valence-electron chi connectivity index (χ2n) is 4.24. The van der Waals surface area contributed by atoms with Crippen LogP contribution in [0.5, 0.6) is 0 Å². The van der Waals surface area contributed by atoms with E-state index in [0.717, 1.165) is 6.07 Å². The normalized spacial score (nSPS) is 21.8. The van der Waals surface area contributed by atoms with Crippen molar-refractivity contribution in [1.29, 1.82) is 0 Å². The lowest BCUT2D eigenvalue weighted by Crippen LogP contribution is -2.35. The van der Waals surface area contributed by atoms with Gasteiger partial charge >= 0.3 is 0 Å². The van der Waals surface area contributed by atoms with Gasteiger partial charge in [0, 0.05) is 16.5 Å². The zero-order valence-corrected chi connectivity index (χ0v) is 11.1. The highest BCUT2D eigenvalue weighted by atomic mass is 32.2. The summed E-state index contributed by atoms with van der Waals surface area (Å²) in [6.07, 6.45) is 0.420. The Kier molecular flexibility index (Phi) is 3.63. The molecule has 0 bridgehead atoms. The van der Waals surface area contributed by atoms with E-state index in [-0.39, 0.29) is 28.0 Å². The Labute approximate surface area is 110 Å². The number of amides is 1. The molecule has 1 heterocycles. The molecule has 1 atom stereocenters. The van der Waals surface area contributed by atoms with Crippen LogP contribution in [0.4, 0.5) is 4.39 Å². The molecule has 1 aliphatic heterocycles. The number of benzene rings is 1. The largest absolute Gasteiger partial charge is 0.348 e. The minimum absolute atomic E-state index is 0.0341. The zero-order chi connectivity index (χ0) is 13.3. The fourth-order valence-electron chi connectivity index (χ4n) is 1.83. The van der Waals surface area contributed by atoms with Crippen LogP contribution in [0, 0.1) is 5.82 Å². The van der Waals surface area contributed by atoms with E-state index in [9.17, 15) is 17.6 Å². The van der Waals surface area contributed by atoms with Gasteiger partial charge in [-0.15, -0.1) is 12.6 Å². The lowest BCUT2D eigenvalue weighted by Gasteiger charge is -2.11. The van der Waals surface area contributed by atoms with Crippen LogP contribution in [-0.2, 0) is 9.84 Å². The Bertz CT molecular complexity index is 586. The molecule has 98 valence electrons. The van der Waals surface area contributed by atoms with Crippen molar-refractivity contribution < 1.29 is 17.6 Å². The van der Waals surface area contributed by atoms with Crippen molar-refractivity contribution in [1.82, 2.24) is 5.32 Å². The standard InChI is InChI=1S/C11H12FNO3S2/c12-9-2-1-7(5-10(9)17)11(14)13-8-3-4-18(15,16)6-8/h1-2,5,8,17H,3-4,6H2,(H,13,14). The summed E-state index contributed by atoms with van der Waals surface area (Å²) in [7, 11) is -3.03. The summed E-state index contributed by atoms with van der Waals surface area (Å²) in [6, 6.07) is 3.45. The Morgan fingerprint density at radius 2 is 2.17 bits per heavy atom. The van der Waals surface area contributed by atoms with Crippen molar-refractivity contribution in [2.45, 2.75) is 17.4 Å². The molecule has 0 aliphatic carbocycles. The smallest absolute Gasteiger partial charge is 0.251 e. The number of carbonyl (C=O) groups excluding carboxylic acids is 1. The van der Waals surface area contributed by atoms with Gasteiger partial charge in [0.15, 0.2) is 9.84 Å². The van der Waals surface area contributed by atoms with Crippen LogP contribution in [-0.4, -0.2) is 31.9 Å². The number of hydrogen-bond acceptors (Lipinski definition) is 4. The van der Waals surface area contributed by atoms with Gasteiger partial charge in [-0.3, -0.25) is 4.79 Å². The van der Waals surface area contributed by atoms with Crippen molar-refractivity contribution in [2.24, 2.45) is 0 Å². The zero-order valence-electron chi connectivity index (χ0n) is 9.39. The Balaban J connectivity index is 2.06. The number of nitrogens with one attached hydrogen (secondary N) is 1. The van der Waals surface area contributed by atoms with E-state index < -0.39 is 21.6 Å². The van der Waals surface area contributed by atoms with E-state index in [1.54, 1.807) is 0 Å². The summed E-state index contributed by atoms with van der Waals surface area (Å²) in [5, 5.41) is 2.62. The summed E-state index contributed by atoms with van der Waals surface area (Å²) < 4.78 is 35.5. The highest BCUT2D eigenvalue weighted by Crippen LogP contribution is 2.16. The first kappa shape index (κ1) is 13.4. The first-order valence-corrected chi connectivity index (χ1v) is 7.64. The maximum Gasteiger partial charge on any atom is 0.251 e. The fourth-order valence-corrected chi connectivity index (χ4v) is 3.72. The fraction of sp³-hybridized carbons (Fsp3) is 0.364. The lowest BCUT2D eigenvalue weighted by molar-refractivity contribution is 0.0941. The molecule has 7 heteroatoms. The van der Waals surface area contributed by atoms with Crippen molar-refractivity contribution in [3.63, 3.8) is 0 Å². The van der Waals surface area contributed by atoms with Crippen LogP contribution in [0.1, 0.15) is 16.8 Å². The van der Waals surface area contributed by atoms with Gasteiger partial charge in [-0.1, -0.05) is 0 Å². The first-order valence-electron chi connectivity index (χ1n) is 5.37. The second-order valence-corrected chi connectivity index (χ2v) is 6.95. The van der Waals surface area contributed by atoms with E-state index in [2.05, 4.69) is 17.9 Å². The van der Waals surface area contributed by atoms with Gasteiger partial charge in [0.05, 0.1) is 11.5 Å². The summed E-state index contributed by atoms with van der Waals surface area (Å²) in [4.78, 5) is 11.9. The van der Waals surface area contributed by atoms with Gasteiger partial charge in [-0.05, 0) is 24.6 Å². The molecule has 1 N–H and O–H groups in total. The van der Waals surface area contributed by atoms with Crippen molar-refractivity contribution >= 4 is 28.4 Å². The predicted molar refractivity (Wildman–Crippen MR) is 68.2 cm³/mol. The van der Waals surface area contributed by atoms with Crippen molar-refractivity contribution in [3.8, 4) is 0 Å². The molecule has 1 unspecified atom stereocenters. The second kappa shape index (κ2) is 4.89. The van der Waals surface area contributed by atoms with E-state index >= 15 is 0 Å². The maximum atomic E-state index is 13.0.